The van der Waals surface area contributed by atoms with Gasteiger partial charge in [0.1, 0.15) is 11.5 Å². The second-order valence-electron chi connectivity index (χ2n) is 8.25. The summed E-state index contributed by atoms with van der Waals surface area (Å²) in [5.41, 5.74) is 2.04. The average Bonchev–Trinajstić information content (AvgIpc) is 3.24. The van der Waals surface area contributed by atoms with Gasteiger partial charge in [-0.15, -0.1) is 0 Å². The molecule has 0 aliphatic rings. The number of ether oxygens (including phenoxy) is 2. The largest absolute Gasteiger partial charge is 0.497 e. The van der Waals surface area contributed by atoms with Crippen molar-refractivity contribution < 1.29 is 18.8 Å². The van der Waals surface area contributed by atoms with E-state index in [2.05, 4.69) is 36.2 Å². The molecule has 0 fully saturated rings. The summed E-state index contributed by atoms with van der Waals surface area (Å²) in [6.45, 7) is 8.49. The van der Waals surface area contributed by atoms with Crippen LogP contribution in [0.2, 0.25) is 0 Å². The van der Waals surface area contributed by atoms with E-state index < -0.39 is 6.10 Å². The smallest absolute Gasteiger partial charge is 0.261 e. The summed E-state index contributed by atoms with van der Waals surface area (Å²) in [5.74, 6) is 1.88. The van der Waals surface area contributed by atoms with Crippen LogP contribution in [-0.2, 0) is 16.8 Å². The van der Waals surface area contributed by atoms with Crippen LogP contribution in [0.1, 0.15) is 45.6 Å². The van der Waals surface area contributed by atoms with E-state index in [-0.39, 0.29) is 17.9 Å². The van der Waals surface area contributed by atoms with E-state index in [0.29, 0.717) is 29.6 Å². The molecular weight excluding hydrogens is 394 g/mol. The van der Waals surface area contributed by atoms with Crippen molar-refractivity contribution in [2.75, 3.05) is 7.11 Å². The Morgan fingerprint density at radius 3 is 2.52 bits per heavy atom. The van der Waals surface area contributed by atoms with E-state index in [1.54, 1.807) is 7.11 Å². The highest BCUT2D eigenvalue weighted by Gasteiger charge is 2.20. The molecule has 31 heavy (non-hydrogen) atoms. The lowest BCUT2D eigenvalue weighted by molar-refractivity contribution is -0.128. The quantitative estimate of drug-likeness (QED) is 0.573. The first-order valence-electron chi connectivity index (χ1n) is 10.3. The molecule has 1 atom stereocenters. The number of amides is 1. The highest BCUT2D eigenvalue weighted by molar-refractivity contribution is 5.81. The maximum absolute atomic E-state index is 12.6. The van der Waals surface area contributed by atoms with Crippen molar-refractivity contribution in [3.8, 4) is 22.9 Å². The molecule has 7 nitrogen and oxygen atoms in total. The summed E-state index contributed by atoms with van der Waals surface area (Å²) in [5, 5.41) is 6.78. The summed E-state index contributed by atoms with van der Waals surface area (Å²) in [6, 6.07) is 15.2. The van der Waals surface area contributed by atoms with Gasteiger partial charge in [-0.2, -0.15) is 4.98 Å². The first-order chi connectivity index (χ1) is 14.8. The fourth-order valence-electron chi connectivity index (χ4n) is 3.00. The van der Waals surface area contributed by atoms with Crippen molar-refractivity contribution in [2.24, 2.45) is 0 Å². The van der Waals surface area contributed by atoms with Crippen molar-refractivity contribution in [3.63, 3.8) is 0 Å². The maximum atomic E-state index is 12.6. The summed E-state index contributed by atoms with van der Waals surface area (Å²) in [6.07, 6.45) is -0.0765. The molecule has 1 N–H and O–H groups in total. The monoisotopic (exact) mass is 423 g/mol. The van der Waals surface area contributed by atoms with Crippen LogP contribution in [0.15, 0.2) is 53.1 Å². The van der Waals surface area contributed by atoms with E-state index in [9.17, 15) is 4.79 Å². The molecule has 0 bridgehead atoms. The van der Waals surface area contributed by atoms with Gasteiger partial charge in [0.2, 0.25) is 11.7 Å². The maximum Gasteiger partial charge on any atom is 0.261 e. The van der Waals surface area contributed by atoms with Crippen molar-refractivity contribution in [1.29, 1.82) is 0 Å². The number of methoxy groups -OCH3 is 1. The number of carbonyl (C=O) groups excluding carboxylic acids is 1. The molecule has 1 heterocycles. The number of benzene rings is 2. The van der Waals surface area contributed by atoms with Gasteiger partial charge in [-0.05, 0) is 41.7 Å². The average molecular weight is 424 g/mol. The summed E-state index contributed by atoms with van der Waals surface area (Å²) < 4.78 is 16.4. The van der Waals surface area contributed by atoms with Gasteiger partial charge < -0.3 is 19.3 Å². The van der Waals surface area contributed by atoms with Gasteiger partial charge >= 0.3 is 0 Å². The fourth-order valence-corrected chi connectivity index (χ4v) is 3.00. The molecule has 0 radical (unpaired) electrons. The van der Waals surface area contributed by atoms with Crippen LogP contribution >= 0.6 is 0 Å². The molecule has 0 aliphatic heterocycles. The van der Waals surface area contributed by atoms with E-state index in [0.717, 1.165) is 5.56 Å². The zero-order valence-electron chi connectivity index (χ0n) is 18.6. The predicted molar refractivity (Wildman–Crippen MR) is 118 cm³/mol. The molecule has 3 rings (SSSR count). The van der Waals surface area contributed by atoms with Gasteiger partial charge in [0.25, 0.3) is 5.91 Å². The number of nitrogens with one attached hydrogen (secondary N) is 1. The lowest BCUT2D eigenvalue weighted by atomic mass is 9.87. The Morgan fingerprint density at radius 1 is 1.13 bits per heavy atom. The highest BCUT2D eigenvalue weighted by atomic mass is 16.5. The Hall–Kier alpha value is -3.35. The molecule has 3 aromatic rings. The Labute approximate surface area is 182 Å². The second-order valence-corrected chi connectivity index (χ2v) is 8.25. The third-order valence-electron chi connectivity index (χ3n) is 4.87. The Balaban J connectivity index is 1.58. The van der Waals surface area contributed by atoms with Crippen LogP contribution < -0.4 is 14.8 Å². The summed E-state index contributed by atoms with van der Waals surface area (Å²) >= 11 is 0. The summed E-state index contributed by atoms with van der Waals surface area (Å²) in [4.78, 5) is 16.9. The number of rotatable bonds is 8. The molecule has 7 heteroatoms. The SMILES string of the molecule is CC[C@@H](Oc1ccc(C(C)(C)C)cc1)C(=O)NCc1nc(-c2cccc(OC)c2)no1. The zero-order chi connectivity index (χ0) is 22.4. The van der Waals surface area contributed by atoms with Crippen LogP contribution in [0, 0.1) is 0 Å². The normalized spacial score (nSPS) is 12.3. The molecule has 164 valence electrons. The molecule has 0 aliphatic carbocycles. The van der Waals surface area contributed by atoms with Crippen LogP contribution in [0.25, 0.3) is 11.4 Å². The van der Waals surface area contributed by atoms with E-state index >= 15 is 0 Å². The lowest BCUT2D eigenvalue weighted by Gasteiger charge is -2.20. The highest BCUT2D eigenvalue weighted by Crippen LogP contribution is 2.25. The Morgan fingerprint density at radius 2 is 1.87 bits per heavy atom. The minimum absolute atomic E-state index is 0.0634. The number of hydrogen-bond donors (Lipinski definition) is 1. The Bertz CT molecular complexity index is 1010. The summed E-state index contributed by atoms with van der Waals surface area (Å²) in [7, 11) is 1.60. The van der Waals surface area contributed by atoms with Gasteiger partial charge in [0.15, 0.2) is 6.10 Å². The van der Waals surface area contributed by atoms with Crippen molar-refractivity contribution in [3.05, 3.63) is 60.0 Å². The number of aromatic nitrogens is 2. The van der Waals surface area contributed by atoms with Gasteiger partial charge in [0.05, 0.1) is 13.7 Å². The standard InChI is InChI=1S/C24H29N3O4/c1-6-20(30-18-12-10-17(11-13-18)24(2,3)4)23(28)25-15-21-26-22(27-31-21)16-8-7-9-19(14-16)29-5/h7-14,20H,6,15H2,1-5H3,(H,25,28)/t20-/m1/s1. The van der Waals surface area contributed by atoms with Gasteiger partial charge in [-0.1, -0.05) is 57.1 Å². The van der Waals surface area contributed by atoms with Crippen molar-refractivity contribution in [2.45, 2.75) is 52.2 Å². The number of nitrogens with zero attached hydrogens (tertiary/aromatic N) is 2. The molecule has 1 aromatic heterocycles. The molecule has 0 unspecified atom stereocenters. The molecular formula is C24H29N3O4. The molecule has 0 saturated carbocycles. The molecule has 1 amide bonds. The van der Waals surface area contributed by atoms with Gasteiger partial charge in [0, 0.05) is 5.56 Å². The van der Waals surface area contributed by atoms with Crippen LogP contribution in [0.3, 0.4) is 0 Å². The molecule has 2 aromatic carbocycles. The zero-order valence-corrected chi connectivity index (χ0v) is 18.6. The van der Waals surface area contributed by atoms with Crippen LogP contribution in [0.5, 0.6) is 11.5 Å². The van der Waals surface area contributed by atoms with Crippen molar-refractivity contribution in [1.82, 2.24) is 15.5 Å². The topological polar surface area (TPSA) is 86.5 Å². The van der Waals surface area contributed by atoms with Gasteiger partial charge in [-0.3, -0.25) is 4.79 Å². The first kappa shape index (κ1) is 22.3. The van der Waals surface area contributed by atoms with Crippen molar-refractivity contribution >= 4 is 5.91 Å². The Kier molecular flexibility index (Phi) is 6.95. The number of hydrogen-bond acceptors (Lipinski definition) is 6. The van der Waals surface area contributed by atoms with E-state index in [4.69, 9.17) is 14.0 Å². The van der Waals surface area contributed by atoms with E-state index in [1.807, 2.05) is 55.5 Å². The second kappa shape index (κ2) is 9.64. The third-order valence-corrected chi connectivity index (χ3v) is 4.87. The predicted octanol–water partition coefficient (Wildman–Crippen LogP) is 4.52. The molecule has 0 saturated heterocycles. The first-order valence-corrected chi connectivity index (χ1v) is 10.3. The minimum Gasteiger partial charge on any atom is -0.497 e. The molecule has 0 spiro atoms. The van der Waals surface area contributed by atoms with E-state index in [1.165, 1.54) is 5.56 Å². The minimum atomic E-state index is -0.610. The fraction of sp³-hybridized carbons (Fsp3) is 0.375. The third kappa shape index (κ3) is 5.84. The van der Waals surface area contributed by atoms with Gasteiger partial charge in [-0.25, -0.2) is 0 Å². The van der Waals surface area contributed by atoms with Crippen LogP contribution in [0.4, 0.5) is 0 Å². The lowest BCUT2D eigenvalue weighted by Crippen LogP contribution is -2.37. The number of carbonyl (C=O) groups is 1. The van der Waals surface area contributed by atoms with Crippen LogP contribution in [-0.4, -0.2) is 29.3 Å².